The molecule has 1 aromatic rings. The van der Waals surface area contributed by atoms with E-state index in [1.54, 1.807) is 0 Å². The Balaban J connectivity index is 2.50. The zero-order valence-corrected chi connectivity index (χ0v) is 8.55. The quantitative estimate of drug-likeness (QED) is 0.695. The summed E-state index contributed by atoms with van der Waals surface area (Å²) >= 11 is -2.06. The van der Waals surface area contributed by atoms with Gasteiger partial charge in [-0.15, -0.1) is 0 Å². The number of hydrogen-bond donors (Lipinski definition) is 2. The standard InChI is InChI=1S/C9H14N2O2S/c10-6-5-8-1-3-9(4-2-8)11-7-14(12)13/h1-4,11H,5-7,10H2,(H,12,13)/p-1. The lowest BCUT2D eigenvalue weighted by atomic mass is 10.1. The molecule has 0 aromatic heterocycles. The SMILES string of the molecule is NCCc1ccc(NCS(=O)[O-])cc1. The molecular weight excluding hydrogens is 200 g/mol. The molecule has 78 valence electrons. The normalized spacial score (nSPS) is 12.4. The molecular formula is C9H13N2O2S-. The van der Waals surface area contributed by atoms with E-state index in [0.29, 0.717) is 6.54 Å². The molecule has 0 amide bonds. The molecule has 0 aliphatic rings. The molecule has 4 nitrogen and oxygen atoms in total. The Morgan fingerprint density at radius 3 is 2.50 bits per heavy atom. The summed E-state index contributed by atoms with van der Waals surface area (Å²) in [5, 5.41) is 2.77. The minimum Gasteiger partial charge on any atom is -0.771 e. The van der Waals surface area contributed by atoms with Crippen LogP contribution in [0.2, 0.25) is 0 Å². The topological polar surface area (TPSA) is 78.2 Å². The Kier molecular flexibility index (Phi) is 4.58. The second-order valence-corrected chi connectivity index (χ2v) is 3.76. The average Bonchev–Trinajstić information content (AvgIpc) is 2.17. The maximum absolute atomic E-state index is 10.3. The summed E-state index contributed by atoms with van der Waals surface area (Å²) < 4.78 is 20.5. The highest BCUT2D eigenvalue weighted by atomic mass is 32.2. The van der Waals surface area contributed by atoms with Crippen molar-refractivity contribution >= 4 is 16.8 Å². The summed E-state index contributed by atoms with van der Waals surface area (Å²) in [4.78, 5) is 0. The van der Waals surface area contributed by atoms with Crippen molar-refractivity contribution in [3.63, 3.8) is 0 Å². The molecule has 0 radical (unpaired) electrons. The van der Waals surface area contributed by atoms with Gasteiger partial charge in [0.1, 0.15) is 0 Å². The van der Waals surface area contributed by atoms with Crippen molar-refractivity contribution in [2.24, 2.45) is 5.73 Å². The van der Waals surface area contributed by atoms with E-state index in [-0.39, 0.29) is 5.88 Å². The summed E-state index contributed by atoms with van der Waals surface area (Å²) in [6, 6.07) is 7.56. The van der Waals surface area contributed by atoms with Gasteiger partial charge in [-0.3, -0.25) is 4.21 Å². The molecule has 0 heterocycles. The lowest BCUT2D eigenvalue weighted by Crippen LogP contribution is -2.07. The van der Waals surface area contributed by atoms with E-state index in [9.17, 15) is 8.76 Å². The molecule has 0 saturated heterocycles. The maximum Gasteiger partial charge on any atom is 0.0777 e. The lowest BCUT2D eigenvalue weighted by Gasteiger charge is -2.08. The first kappa shape index (κ1) is 11.2. The van der Waals surface area contributed by atoms with Gasteiger partial charge >= 0.3 is 0 Å². The molecule has 0 saturated carbocycles. The average molecular weight is 213 g/mol. The fourth-order valence-electron chi connectivity index (χ4n) is 1.10. The second-order valence-electron chi connectivity index (χ2n) is 2.86. The number of anilines is 1. The molecule has 1 rings (SSSR count). The minimum absolute atomic E-state index is 0.0593. The number of rotatable bonds is 5. The predicted molar refractivity (Wildman–Crippen MR) is 56.6 cm³/mol. The molecule has 0 bridgehead atoms. The number of nitrogens with two attached hydrogens (primary N) is 1. The van der Waals surface area contributed by atoms with Crippen molar-refractivity contribution in [3.8, 4) is 0 Å². The Bertz CT molecular complexity index is 300. The number of nitrogens with one attached hydrogen (secondary N) is 1. The van der Waals surface area contributed by atoms with Gasteiger partial charge in [0.2, 0.25) is 0 Å². The Morgan fingerprint density at radius 2 is 2.00 bits per heavy atom. The van der Waals surface area contributed by atoms with Gasteiger partial charge in [-0.25, -0.2) is 0 Å². The van der Waals surface area contributed by atoms with E-state index in [1.807, 2.05) is 24.3 Å². The maximum atomic E-state index is 10.3. The summed E-state index contributed by atoms with van der Waals surface area (Å²) in [5.41, 5.74) is 7.35. The van der Waals surface area contributed by atoms with Crippen molar-refractivity contribution in [3.05, 3.63) is 29.8 Å². The molecule has 14 heavy (non-hydrogen) atoms. The van der Waals surface area contributed by atoms with Crippen LogP contribution in [0.1, 0.15) is 5.56 Å². The molecule has 1 unspecified atom stereocenters. The molecule has 1 aromatic carbocycles. The van der Waals surface area contributed by atoms with Gasteiger partial charge in [0.25, 0.3) is 0 Å². The van der Waals surface area contributed by atoms with E-state index in [4.69, 9.17) is 5.73 Å². The molecule has 1 atom stereocenters. The van der Waals surface area contributed by atoms with Gasteiger partial charge < -0.3 is 15.6 Å². The van der Waals surface area contributed by atoms with Crippen LogP contribution >= 0.6 is 0 Å². The van der Waals surface area contributed by atoms with Gasteiger partial charge in [0.15, 0.2) is 0 Å². The van der Waals surface area contributed by atoms with Gasteiger partial charge in [-0.1, -0.05) is 12.1 Å². The van der Waals surface area contributed by atoms with Crippen LogP contribution in [0.15, 0.2) is 24.3 Å². The molecule has 0 fully saturated rings. The van der Waals surface area contributed by atoms with Gasteiger partial charge in [0, 0.05) is 5.69 Å². The highest BCUT2D eigenvalue weighted by Gasteiger charge is 1.93. The highest BCUT2D eigenvalue weighted by Crippen LogP contribution is 2.09. The van der Waals surface area contributed by atoms with Crippen LogP contribution in [-0.2, 0) is 17.5 Å². The van der Waals surface area contributed by atoms with E-state index in [2.05, 4.69) is 5.32 Å². The van der Waals surface area contributed by atoms with Crippen molar-refractivity contribution < 1.29 is 8.76 Å². The third-order valence-corrected chi connectivity index (χ3v) is 2.16. The van der Waals surface area contributed by atoms with E-state index in [1.165, 1.54) is 0 Å². The highest BCUT2D eigenvalue weighted by molar-refractivity contribution is 7.79. The summed E-state index contributed by atoms with van der Waals surface area (Å²) in [5.74, 6) is -0.0593. The third kappa shape index (κ3) is 3.87. The van der Waals surface area contributed by atoms with E-state index >= 15 is 0 Å². The van der Waals surface area contributed by atoms with Crippen LogP contribution in [0, 0.1) is 0 Å². The Morgan fingerprint density at radius 1 is 1.36 bits per heavy atom. The predicted octanol–water partition coefficient (Wildman–Crippen LogP) is 0.436. The molecule has 0 aliphatic heterocycles. The van der Waals surface area contributed by atoms with E-state index in [0.717, 1.165) is 17.7 Å². The second kappa shape index (κ2) is 5.74. The van der Waals surface area contributed by atoms with Crippen LogP contribution in [0.4, 0.5) is 5.69 Å². The molecule has 0 spiro atoms. The van der Waals surface area contributed by atoms with Crippen LogP contribution in [0.25, 0.3) is 0 Å². The van der Waals surface area contributed by atoms with Crippen molar-refractivity contribution in [2.75, 3.05) is 17.7 Å². The molecule has 3 N–H and O–H groups in total. The number of hydrogen-bond acceptors (Lipinski definition) is 4. The minimum atomic E-state index is -2.06. The van der Waals surface area contributed by atoms with Gasteiger partial charge in [0.05, 0.1) is 5.88 Å². The van der Waals surface area contributed by atoms with Crippen molar-refractivity contribution in [1.82, 2.24) is 0 Å². The molecule has 0 aliphatic carbocycles. The number of benzene rings is 1. The van der Waals surface area contributed by atoms with Crippen molar-refractivity contribution in [1.29, 1.82) is 0 Å². The third-order valence-electron chi connectivity index (χ3n) is 1.78. The summed E-state index contributed by atoms with van der Waals surface area (Å²) in [7, 11) is 0. The first-order valence-corrected chi connectivity index (χ1v) is 5.55. The van der Waals surface area contributed by atoms with Crippen LogP contribution in [0.5, 0.6) is 0 Å². The first-order chi connectivity index (χ1) is 6.72. The fraction of sp³-hybridized carbons (Fsp3) is 0.333. The van der Waals surface area contributed by atoms with Gasteiger partial charge in [-0.05, 0) is 41.7 Å². The fourth-order valence-corrected chi connectivity index (χ4v) is 1.38. The monoisotopic (exact) mass is 213 g/mol. The summed E-state index contributed by atoms with van der Waals surface area (Å²) in [6.07, 6.45) is 0.841. The van der Waals surface area contributed by atoms with Crippen molar-refractivity contribution in [2.45, 2.75) is 6.42 Å². The lowest BCUT2D eigenvalue weighted by molar-refractivity contribution is 0.539. The van der Waals surface area contributed by atoms with E-state index < -0.39 is 11.1 Å². The zero-order valence-electron chi connectivity index (χ0n) is 7.73. The van der Waals surface area contributed by atoms with Crippen LogP contribution in [-0.4, -0.2) is 21.2 Å². The zero-order chi connectivity index (χ0) is 10.4. The van der Waals surface area contributed by atoms with Gasteiger partial charge in [-0.2, -0.15) is 0 Å². The van der Waals surface area contributed by atoms with Crippen LogP contribution < -0.4 is 11.1 Å². The largest absolute Gasteiger partial charge is 0.771 e. The Hall–Kier alpha value is -0.910. The Labute approximate surface area is 85.8 Å². The first-order valence-electron chi connectivity index (χ1n) is 4.31. The van der Waals surface area contributed by atoms with Crippen LogP contribution in [0.3, 0.4) is 0 Å². The smallest absolute Gasteiger partial charge is 0.0777 e. The molecule has 5 heteroatoms. The summed E-state index contributed by atoms with van der Waals surface area (Å²) in [6.45, 7) is 0.622.